The summed E-state index contributed by atoms with van der Waals surface area (Å²) in [7, 11) is -2.34. The van der Waals surface area contributed by atoms with Gasteiger partial charge in [0.05, 0.1) is 20.3 Å². The lowest BCUT2D eigenvalue weighted by molar-refractivity contribution is 0.0729. The summed E-state index contributed by atoms with van der Waals surface area (Å²) in [6, 6.07) is 4.57. The SMILES string of the molecule is CCCCCCC(C)NC(=O)c1ccc(OC)c(S(=O)(=O)N2CCOCC2)c1. The van der Waals surface area contributed by atoms with Gasteiger partial charge in [-0.2, -0.15) is 4.31 Å². The number of amides is 1. The van der Waals surface area contributed by atoms with Crippen molar-refractivity contribution in [1.29, 1.82) is 0 Å². The first kappa shape index (κ1) is 22.6. The van der Waals surface area contributed by atoms with Crippen LogP contribution in [0.4, 0.5) is 0 Å². The summed E-state index contributed by atoms with van der Waals surface area (Å²) in [5.41, 5.74) is 0.313. The van der Waals surface area contributed by atoms with E-state index in [1.165, 1.54) is 36.4 Å². The topological polar surface area (TPSA) is 84.9 Å². The molecule has 8 heteroatoms. The van der Waals surface area contributed by atoms with Gasteiger partial charge in [0.25, 0.3) is 5.91 Å². The van der Waals surface area contributed by atoms with Crippen LogP contribution in [0.15, 0.2) is 23.1 Å². The fraction of sp³-hybridized carbons (Fsp3) is 0.650. The fourth-order valence-corrected chi connectivity index (χ4v) is 4.79. The standard InChI is InChI=1S/C20H32N2O5S/c1-4-5-6-7-8-16(2)21-20(23)17-9-10-18(26-3)19(15-17)28(24,25)22-11-13-27-14-12-22/h9-10,15-16H,4-8,11-14H2,1-3H3,(H,21,23). The van der Waals surface area contributed by atoms with Crippen LogP contribution in [-0.4, -0.2) is 58.1 Å². The van der Waals surface area contributed by atoms with Crippen molar-refractivity contribution in [2.24, 2.45) is 0 Å². The molecule has 1 N–H and O–H groups in total. The Morgan fingerprint density at radius 2 is 1.96 bits per heavy atom. The van der Waals surface area contributed by atoms with Crippen molar-refractivity contribution >= 4 is 15.9 Å². The Kier molecular flexibility index (Phi) is 8.72. The molecule has 2 rings (SSSR count). The highest BCUT2D eigenvalue weighted by atomic mass is 32.2. The van der Waals surface area contributed by atoms with Gasteiger partial charge in [-0.1, -0.05) is 32.6 Å². The number of hydrogen-bond acceptors (Lipinski definition) is 5. The van der Waals surface area contributed by atoms with Crippen molar-refractivity contribution in [2.45, 2.75) is 56.9 Å². The number of carbonyl (C=O) groups is 1. The molecule has 0 aromatic heterocycles. The summed E-state index contributed by atoms with van der Waals surface area (Å²) in [4.78, 5) is 12.6. The average molecular weight is 413 g/mol. The van der Waals surface area contributed by atoms with E-state index >= 15 is 0 Å². The van der Waals surface area contributed by atoms with Gasteiger partial charge in [0.1, 0.15) is 10.6 Å². The summed E-state index contributed by atoms with van der Waals surface area (Å²) in [5, 5.41) is 2.96. The van der Waals surface area contributed by atoms with Crippen LogP contribution >= 0.6 is 0 Å². The van der Waals surface area contributed by atoms with Gasteiger partial charge in [-0.15, -0.1) is 0 Å². The number of nitrogens with one attached hydrogen (secondary N) is 1. The second kappa shape index (κ2) is 10.8. The third-order valence-electron chi connectivity index (χ3n) is 4.88. The Morgan fingerprint density at radius 3 is 2.61 bits per heavy atom. The molecule has 1 amide bonds. The Labute approximate surface area is 168 Å². The number of methoxy groups -OCH3 is 1. The molecule has 0 radical (unpaired) electrons. The lowest BCUT2D eigenvalue weighted by atomic mass is 10.1. The fourth-order valence-electron chi connectivity index (χ4n) is 3.20. The largest absolute Gasteiger partial charge is 0.495 e. The lowest BCUT2D eigenvalue weighted by Gasteiger charge is -2.26. The highest BCUT2D eigenvalue weighted by Gasteiger charge is 2.30. The Hall–Kier alpha value is -1.64. The zero-order chi connectivity index (χ0) is 20.6. The van der Waals surface area contributed by atoms with Crippen LogP contribution in [0.5, 0.6) is 5.75 Å². The Bertz CT molecular complexity index is 745. The molecule has 1 unspecified atom stereocenters. The smallest absolute Gasteiger partial charge is 0.251 e. The third-order valence-corrected chi connectivity index (χ3v) is 6.80. The molecule has 1 saturated heterocycles. The minimum Gasteiger partial charge on any atom is -0.495 e. The van der Waals surface area contributed by atoms with Gasteiger partial charge in [-0.05, 0) is 31.5 Å². The van der Waals surface area contributed by atoms with E-state index in [-0.39, 0.29) is 35.7 Å². The van der Waals surface area contributed by atoms with E-state index in [1.807, 2.05) is 6.92 Å². The number of sulfonamides is 1. The molecule has 1 aliphatic heterocycles. The number of unbranched alkanes of at least 4 members (excludes halogenated alkanes) is 3. The summed E-state index contributed by atoms with van der Waals surface area (Å²) >= 11 is 0. The molecule has 1 fully saturated rings. The molecule has 0 saturated carbocycles. The highest BCUT2D eigenvalue weighted by molar-refractivity contribution is 7.89. The average Bonchev–Trinajstić information content (AvgIpc) is 2.71. The van der Waals surface area contributed by atoms with E-state index < -0.39 is 10.0 Å². The van der Waals surface area contributed by atoms with Crippen LogP contribution in [0.3, 0.4) is 0 Å². The van der Waals surface area contributed by atoms with Gasteiger partial charge in [-0.25, -0.2) is 8.42 Å². The normalized spacial score (nSPS) is 16.5. The number of carbonyl (C=O) groups excluding carboxylic acids is 1. The zero-order valence-corrected chi connectivity index (χ0v) is 17.9. The number of hydrogen-bond donors (Lipinski definition) is 1. The van der Waals surface area contributed by atoms with E-state index in [2.05, 4.69) is 12.2 Å². The Balaban J connectivity index is 2.14. The summed E-state index contributed by atoms with van der Waals surface area (Å²) in [6.07, 6.45) is 5.49. The highest BCUT2D eigenvalue weighted by Crippen LogP contribution is 2.28. The maximum atomic E-state index is 13.0. The number of rotatable bonds is 10. The number of nitrogens with zero attached hydrogens (tertiary/aromatic N) is 1. The predicted molar refractivity (Wildman–Crippen MR) is 108 cm³/mol. The second-order valence-corrected chi connectivity index (χ2v) is 9.01. The monoisotopic (exact) mass is 412 g/mol. The third kappa shape index (κ3) is 5.93. The van der Waals surface area contributed by atoms with Crippen molar-refractivity contribution in [1.82, 2.24) is 9.62 Å². The minimum absolute atomic E-state index is 0.0140. The zero-order valence-electron chi connectivity index (χ0n) is 17.1. The quantitative estimate of drug-likeness (QED) is 0.597. The van der Waals surface area contributed by atoms with Crippen LogP contribution < -0.4 is 10.1 Å². The molecule has 1 atom stereocenters. The lowest BCUT2D eigenvalue weighted by Crippen LogP contribution is -2.40. The number of benzene rings is 1. The van der Waals surface area contributed by atoms with E-state index in [1.54, 1.807) is 6.07 Å². The molecular formula is C20H32N2O5S. The maximum Gasteiger partial charge on any atom is 0.251 e. The van der Waals surface area contributed by atoms with E-state index in [0.717, 1.165) is 19.3 Å². The van der Waals surface area contributed by atoms with Crippen LogP contribution in [0.1, 0.15) is 56.3 Å². The molecule has 7 nitrogen and oxygen atoms in total. The van der Waals surface area contributed by atoms with Crippen molar-refractivity contribution in [3.8, 4) is 5.75 Å². The molecule has 1 aromatic carbocycles. The molecule has 158 valence electrons. The molecule has 0 aliphatic carbocycles. The van der Waals surface area contributed by atoms with Crippen LogP contribution in [0, 0.1) is 0 Å². The number of ether oxygens (including phenoxy) is 2. The van der Waals surface area contributed by atoms with Crippen molar-refractivity contribution < 1.29 is 22.7 Å². The van der Waals surface area contributed by atoms with Crippen LogP contribution in [-0.2, 0) is 14.8 Å². The minimum atomic E-state index is -3.76. The number of morpholine rings is 1. The molecule has 0 bridgehead atoms. The van der Waals surface area contributed by atoms with Gasteiger partial charge in [-0.3, -0.25) is 4.79 Å². The molecule has 1 heterocycles. The van der Waals surface area contributed by atoms with Crippen molar-refractivity contribution in [2.75, 3.05) is 33.4 Å². The van der Waals surface area contributed by atoms with Gasteiger partial charge in [0.15, 0.2) is 0 Å². The summed E-state index contributed by atoms with van der Waals surface area (Å²) in [6.45, 7) is 5.43. The van der Waals surface area contributed by atoms with Gasteiger partial charge < -0.3 is 14.8 Å². The van der Waals surface area contributed by atoms with Crippen LogP contribution in [0.2, 0.25) is 0 Å². The summed E-state index contributed by atoms with van der Waals surface area (Å²) in [5.74, 6) is -0.0419. The van der Waals surface area contributed by atoms with Crippen LogP contribution in [0.25, 0.3) is 0 Å². The van der Waals surface area contributed by atoms with E-state index in [4.69, 9.17) is 9.47 Å². The maximum absolute atomic E-state index is 13.0. The van der Waals surface area contributed by atoms with Crippen molar-refractivity contribution in [3.63, 3.8) is 0 Å². The first-order chi connectivity index (χ1) is 13.4. The van der Waals surface area contributed by atoms with E-state index in [0.29, 0.717) is 18.8 Å². The molecule has 0 spiro atoms. The van der Waals surface area contributed by atoms with Crippen molar-refractivity contribution in [3.05, 3.63) is 23.8 Å². The molecule has 28 heavy (non-hydrogen) atoms. The van der Waals surface area contributed by atoms with Gasteiger partial charge >= 0.3 is 0 Å². The molecular weight excluding hydrogens is 380 g/mol. The Morgan fingerprint density at radius 1 is 1.25 bits per heavy atom. The van der Waals surface area contributed by atoms with Gasteiger partial charge in [0.2, 0.25) is 10.0 Å². The second-order valence-electron chi connectivity index (χ2n) is 7.11. The predicted octanol–water partition coefficient (Wildman–Crippen LogP) is 2.80. The first-order valence-electron chi connectivity index (χ1n) is 9.97. The van der Waals surface area contributed by atoms with E-state index in [9.17, 15) is 13.2 Å². The summed E-state index contributed by atoms with van der Waals surface area (Å²) < 4.78 is 37.9. The molecule has 1 aromatic rings. The first-order valence-corrected chi connectivity index (χ1v) is 11.4. The van der Waals surface area contributed by atoms with Gasteiger partial charge in [0, 0.05) is 24.7 Å². The molecule has 1 aliphatic rings.